The van der Waals surface area contributed by atoms with Crippen LogP contribution in [0.25, 0.3) is 11.6 Å². The fraction of sp³-hybridized carbons (Fsp3) is 0.130. The average Bonchev–Trinajstić information content (AvgIpc) is 3.26. The van der Waals surface area contributed by atoms with E-state index in [1.54, 1.807) is 0 Å². The highest BCUT2D eigenvalue weighted by Crippen LogP contribution is 2.36. The summed E-state index contributed by atoms with van der Waals surface area (Å²) in [5.41, 5.74) is 9.66. The third-order valence-corrected chi connectivity index (χ3v) is 5.20. The van der Waals surface area contributed by atoms with Crippen LogP contribution in [0, 0.1) is 0 Å². The number of nitrogens with zero attached hydrogens (tertiary/aromatic N) is 1. The van der Waals surface area contributed by atoms with Gasteiger partial charge in [0.1, 0.15) is 0 Å². The Balaban J connectivity index is 1.43. The number of para-hydroxylation sites is 1. The van der Waals surface area contributed by atoms with Gasteiger partial charge in [-0.05, 0) is 58.9 Å². The topological polar surface area (TPSA) is 3.24 Å². The highest BCUT2D eigenvalue weighted by molar-refractivity contribution is 5.89. The summed E-state index contributed by atoms with van der Waals surface area (Å²) in [6.07, 6.45) is 4.51. The van der Waals surface area contributed by atoms with Crippen molar-refractivity contribution in [2.45, 2.75) is 12.8 Å². The van der Waals surface area contributed by atoms with E-state index in [1.807, 2.05) is 0 Å². The van der Waals surface area contributed by atoms with E-state index in [4.69, 9.17) is 0 Å². The van der Waals surface area contributed by atoms with Gasteiger partial charge in [0.15, 0.2) is 0 Å². The molecule has 0 spiro atoms. The van der Waals surface area contributed by atoms with Gasteiger partial charge in [0.25, 0.3) is 0 Å². The van der Waals surface area contributed by atoms with Crippen molar-refractivity contribution in [2.75, 3.05) is 11.4 Å². The quantitative estimate of drug-likeness (QED) is 0.606. The summed E-state index contributed by atoms with van der Waals surface area (Å²) in [4.78, 5) is 2.43. The van der Waals surface area contributed by atoms with Crippen LogP contribution >= 0.6 is 0 Å². The molecule has 3 aromatic rings. The van der Waals surface area contributed by atoms with E-state index < -0.39 is 0 Å². The fourth-order valence-corrected chi connectivity index (χ4v) is 3.93. The first-order chi connectivity index (χ1) is 11.9. The third-order valence-electron chi connectivity index (χ3n) is 5.20. The molecular formula is C23H19N. The van der Waals surface area contributed by atoms with Gasteiger partial charge in [0.2, 0.25) is 0 Å². The van der Waals surface area contributed by atoms with Crippen LogP contribution in [-0.2, 0) is 12.8 Å². The Hall–Kier alpha value is -2.80. The lowest BCUT2D eigenvalue weighted by atomic mass is 10.0. The van der Waals surface area contributed by atoms with E-state index in [1.165, 1.54) is 39.2 Å². The van der Waals surface area contributed by atoms with E-state index in [-0.39, 0.29) is 0 Å². The molecule has 0 fully saturated rings. The van der Waals surface area contributed by atoms with Crippen molar-refractivity contribution in [1.82, 2.24) is 0 Å². The molecule has 116 valence electrons. The molecule has 1 heterocycles. The average molecular weight is 309 g/mol. The maximum atomic E-state index is 2.43. The number of allylic oxidation sites excluding steroid dienone is 1. The molecule has 0 saturated carbocycles. The van der Waals surface area contributed by atoms with E-state index >= 15 is 0 Å². The zero-order valence-electron chi connectivity index (χ0n) is 13.6. The van der Waals surface area contributed by atoms with Crippen LogP contribution in [0.4, 0.5) is 11.4 Å². The van der Waals surface area contributed by atoms with Crippen molar-refractivity contribution in [3.8, 4) is 0 Å². The number of anilines is 2. The summed E-state index contributed by atoms with van der Waals surface area (Å²) in [7, 11) is 0. The summed E-state index contributed by atoms with van der Waals surface area (Å²) in [6, 6.07) is 26.5. The van der Waals surface area contributed by atoms with E-state index in [0.29, 0.717) is 0 Å². The Morgan fingerprint density at radius 3 is 2.29 bits per heavy atom. The molecule has 2 aliphatic rings. The Morgan fingerprint density at radius 2 is 1.46 bits per heavy atom. The Kier molecular flexibility index (Phi) is 3.05. The van der Waals surface area contributed by atoms with Crippen LogP contribution in [0.3, 0.4) is 0 Å². The molecule has 5 rings (SSSR count). The molecule has 0 amide bonds. The minimum Gasteiger partial charge on any atom is -0.341 e. The second-order valence-electron chi connectivity index (χ2n) is 6.62. The maximum absolute atomic E-state index is 2.43. The highest BCUT2D eigenvalue weighted by atomic mass is 15.2. The minimum absolute atomic E-state index is 1.04. The van der Waals surface area contributed by atoms with Crippen molar-refractivity contribution in [2.24, 2.45) is 0 Å². The molecule has 1 heteroatoms. The van der Waals surface area contributed by atoms with Gasteiger partial charge in [-0.15, -0.1) is 0 Å². The van der Waals surface area contributed by atoms with Gasteiger partial charge in [-0.1, -0.05) is 60.7 Å². The first-order valence-corrected chi connectivity index (χ1v) is 8.63. The highest BCUT2D eigenvalue weighted by Gasteiger charge is 2.20. The summed E-state index contributed by atoms with van der Waals surface area (Å²) in [5.74, 6) is 0. The van der Waals surface area contributed by atoms with Gasteiger partial charge >= 0.3 is 0 Å². The lowest BCUT2D eigenvalue weighted by molar-refractivity contribution is 0.998. The van der Waals surface area contributed by atoms with Gasteiger partial charge in [0, 0.05) is 17.9 Å². The summed E-state index contributed by atoms with van der Waals surface area (Å²) >= 11 is 0. The van der Waals surface area contributed by atoms with Crippen LogP contribution in [0.2, 0.25) is 0 Å². The molecule has 0 radical (unpaired) electrons. The number of rotatable bonds is 2. The Morgan fingerprint density at radius 1 is 0.708 bits per heavy atom. The summed E-state index contributed by atoms with van der Waals surface area (Å²) < 4.78 is 0. The molecule has 0 aromatic heterocycles. The van der Waals surface area contributed by atoms with Crippen LogP contribution in [0.1, 0.15) is 22.3 Å². The van der Waals surface area contributed by atoms with Crippen molar-refractivity contribution >= 4 is 23.0 Å². The molecule has 0 bridgehead atoms. The fourth-order valence-electron chi connectivity index (χ4n) is 3.93. The van der Waals surface area contributed by atoms with E-state index in [9.17, 15) is 0 Å². The number of hydrogen-bond acceptors (Lipinski definition) is 1. The number of fused-ring (bicyclic) bond motifs is 2. The predicted octanol–water partition coefficient (Wildman–Crippen LogP) is 5.48. The first-order valence-electron chi connectivity index (χ1n) is 8.63. The number of benzene rings is 3. The largest absolute Gasteiger partial charge is 0.341 e. The van der Waals surface area contributed by atoms with E-state index in [0.717, 1.165) is 19.4 Å². The van der Waals surface area contributed by atoms with Gasteiger partial charge in [0.05, 0.1) is 0 Å². The smallest absolute Gasteiger partial charge is 0.0444 e. The SMILES string of the molecule is C1=C(c2ccc(N3CCc4ccccc43)cc2)Cc2ccccc21. The molecule has 24 heavy (non-hydrogen) atoms. The molecule has 3 aromatic carbocycles. The summed E-state index contributed by atoms with van der Waals surface area (Å²) in [5, 5.41) is 0. The molecule has 0 unspecified atom stereocenters. The zero-order chi connectivity index (χ0) is 15.9. The van der Waals surface area contributed by atoms with Gasteiger partial charge < -0.3 is 4.90 Å². The third kappa shape index (κ3) is 2.16. The molecule has 0 saturated heterocycles. The Bertz CT molecular complexity index is 934. The standard InChI is InChI=1S/C23H19N/c1-2-7-20-16-21(15-19(20)6-1)17-9-11-22(12-10-17)24-14-13-18-5-3-4-8-23(18)24/h1-12,15H,13-14,16H2. The molecule has 1 aliphatic carbocycles. The number of hydrogen-bond donors (Lipinski definition) is 0. The molecular weight excluding hydrogens is 290 g/mol. The lowest BCUT2D eigenvalue weighted by Crippen LogP contribution is -2.12. The van der Waals surface area contributed by atoms with E-state index in [2.05, 4.69) is 83.8 Å². The first kappa shape index (κ1) is 13.6. The van der Waals surface area contributed by atoms with Gasteiger partial charge in [-0.25, -0.2) is 0 Å². The second-order valence-corrected chi connectivity index (χ2v) is 6.62. The normalized spacial score (nSPS) is 15.2. The lowest BCUT2D eigenvalue weighted by Gasteiger charge is -2.20. The van der Waals surface area contributed by atoms with Crippen molar-refractivity contribution in [3.05, 3.63) is 95.1 Å². The van der Waals surface area contributed by atoms with Crippen LogP contribution in [0.5, 0.6) is 0 Å². The molecule has 0 atom stereocenters. The molecule has 1 nitrogen and oxygen atoms in total. The van der Waals surface area contributed by atoms with Gasteiger partial charge in [-0.3, -0.25) is 0 Å². The predicted molar refractivity (Wildman–Crippen MR) is 102 cm³/mol. The monoisotopic (exact) mass is 309 g/mol. The van der Waals surface area contributed by atoms with Crippen LogP contribution in [-0.4, -0.2) is 6.54 Å². The maximum Gasteiger partial charge on any atom is 0.0444 e. The van der Waals surface area contributed by atoms with Crippen molar-refractivity contribution < 1.29 is 0 Å². The second kappa shape index (κ2) is 5.38. The van der Waals surface area contributed by atoms with Crippen molar-refractivity contribution in [1.29, 1.82) is 0 Å². The summed E-state index contributed by atoms with van der Waals surface area (Å²) in [6.45, 7) is 1.08. The van der Waals surface area contributed by atoms with Crippen LogP contribution < -0.4 is 4.90 Å². The van der Waals surface area contributed by atoms with Gasteiger partial charge in [-0.2, -0.15) is 0 Å². The van der Waals surface area contributed by atoms with Crippen LogP contribution in [0.15, 0.2) is 72.8 Å². The zero-order valence-corrected chi connectivity index (χ0v) is 13.6. The molecule has 1 aliphatic heterocycles. The van der Waals surface area contributed by atoms with Crippen molar-refractivity contribution in [3.63, 3.8) is 0 Å². The minimum atomic E-state index is 1.04. The Labute approximate surface area is 142 Å². The molecule has 0 N–H and O–H groups in total.